The molecule has 7 heteroatoms. The van der Waals surface area contributed by atoms with Crippen molar-refractivity contribution in [2.24, 2.45) is 5.92 Å². The molecule has 2 aromatic rings. The monoisotopic (exact) mass is 390 g/mol. The Hall–Kier alpha value is -2.41. The van der Waals surface area contributed by atoms with Gasteiger partial charge in [0.2, 0.25) is 11.8 Å². The lowest BCUT2D eigenvalue weighted by Crippen LogP contribution is -2.28. The number of anilines is 1. The first-order valence-electron chi connectivity index (χ1n) is 8.70. The molecular formula is C20H20F2N2O2S. The van der Waals surface area contributed by atoms with Gasteiger partial charge in [0.25, 0.3) is 0 Å². The fourth-order valence-corrected chi connectivity index (χ4v) is 3.26. The Morgan fingerprint density at radius 2 is 1.81 bits per heavy atom. The minimum atomic E-state index is -0.928. The molecule has 3 rings (SSSR count). The molecule has 0 saturated heterocycles. The van der Waals surface area contributed by atoms with Gasteiger partial charge in [-0.15, -0.1) is 11.8 Å². The topological polar surface area (TPSA) is 58.2 Å². The Morgan fingerprint density at radius 3 is 2.44 bits per heavy atom. The Kier molecular flexibility index (Phi) is 6.11. The number of thioether (sulfide) groups is 1. The highest BCUT2D eigenvalue weighted by molar-refractivity contribution is 8.00. The summed E-state index contributed by atoms with van der Waals surface area (Å²) in [5.41, 5.74) is 1.65. The van der Waals surface area contributed by atoms with E-state index in [1.165, 1.54) is 6.07 Å². The second kappa shape index (κ2) is 8.52. The van der Waals surface area contributed by atoms with Gasteiger partial charge in [-0.05, 0) is 55.7 Å². The number of nitrogens with one attached hydrogen (secondary N) is 2. The van der Waals surface area contributed by atoms with E-state index in [2.05, 4.69) is 10.6 Å². The summed E-state index contributed by atoms with van der Waals surface area (Å²) < 4.78 is 26.1. The molecular weight excluding hydrogens is 370 g/mol. The SMILES string of the molecule is CC(NC(=O)CSc1ccc(F)c(F)c1)c1ccc(NC(=O)C2CC2)cc1. The molecule has 2 amide bonds. The summed E-state index contributed by atoms with van der Waals surface area (Å²) in [6.07, 6.45) is 1.91. The molecule has 27 heavy (non-hydrogen) atoms. The van der Waals surface area contributed by atoms with Crippen LogP contribution in [0.1, 0.15) is 31.4 Å². The van der Waals surface area contributed by atoms with E-state index in [1.54, 1.807) is 0 Å². The molecule has 0 aliphatic heterocycles. The van der Waals surface area contributed by atoms with Gasteiger partial charge in [0.05, 0.1) is 11.8 Å². The highest BCUT2D eigenvalue weighted by atomic mass is 32.2. The van der Waals surface area contributed by atoms with Crippen molar-refractivity contribution in [3.8, 4) is 0 Å². The Balaban J connectivity index is 1.48. The quantitative estimate of drug-likeness (QED) is 0.694. The van der Waals surface area contributed by atoms with Gasteiger partial charge >= 0.3 is 0 Å². The molecule has 1 atom stereocenters. The normalized spacial score (nSPS) is 14.5. The lowest BCUT2D eigenvalue weighted by Gasteiger charge is -2.15. The third kappa shape index (κ3) is 5.53. The molecule has 142 valence electrons. The van der Waals surface area contributed by atoms with E-state index < -0.39 is 11.6 Å². The maximum atomic E-state index is 13.2. The van der Waals surface area contributed by atoms with Crippen LogP contribution in [0, 0.1) is 17.6 Å². The summed E-state index contributed by atoms with van der Waals surface area (Å²) in [5, 5.41) is 5.74. The van der Waals surface area contributed by atoms with E-state index in [9.17, 15) is 18.4 Å². The number of halogens is 2. The van der Waals surface area contributed by atoms with Crippen LogP contribution in [-0.4, -0.2) is 17.6 Å². The van der Waals surface area contributed by atoms with E-state index in [4.69, 9.17) is 0 Å². The third-order valence-corrected chi connectivity index (χ3v) is 5.26. The van der Waals surface area contributed by atoms with Crippen LogP contribution in [0.2, 0.25) is 0 Å². The smallest absolute Gasteiger partial charge is 0.230 e. The molecule has 2 aromatic carbocycles. The molecule has 0 heterocycles. The molecule has 0 spiro atoms. The van der Waals surface area contributed by atoms with E-state index in [0.717, 1.165) is 48.0 Å². The third-order valence-electron chi connectivity index (χ3n) is 4.26. The van der Waals surface area contributed by atoms with Gasteiger partial charge in [0.15, 0.2) is 11.6 Å². The minimum Gasteiger partial charge on any atom is -0.349 e. The van der Waals surface area contributed by atoms with Gasteiger partial charge in [-0.1, -0.05) is 12.1 Å². The first-order valence-corrected chi connectivity index (χ1v) is 9.69. The Morgan fingerprint density at radius 1 is 1.11 bits per heavy atom. The Bertz CT molecular complexity index is 838. The largest absolute Gasteiger partial charge is 0.349 e. The molecule has 0 radical (unpaired) electrons. The molecule has 2 N–H and O–H groups in total. The van der Waals surface area contributed by atoms with Crippen molar-refractivity contribution in [1.29, 1.82) is 0 Å². The summed E-state index contributed by atoms with van der Waals surface area (Å²) in [6, 6.07) is 10.7. The van der Waals surface area contributed by atoms with Gasteiger partial charge in [-0.25, -0.2) is 8.78 Å². The predicted octanol–water partition coefficient (Wildman–Crippen LogP) is 4.28. The molecule has 1 aliphatic carbocycles. The number of hydrogen-bond donors (Lipinski definition) is 2. The maximum absolute atomic E-state index is 13.2. The highest BCUT2D eigenvalue weighted by Crippen LogP contribution is 2.30. The van der Waals surface area contributed by atoms with Crippen molar-refractivity contribution >= 4 is 29.3 Å². The average Bonchev–Trinajstić information content (AvgIpc) is 3.48. The fraction of sp³-hybridized carbons (Fsp3) is 0.300. The molecule has 1 aliphatic rings. The van der Waals surface area contributed by atoms with Crippen LogP contribution in [0.3, 0.4) is 0 Å². The fourth-order valence-electron chi connectivity index (χ4n) is 2.53. The summed E-state index contributed by atoms with van der Waals surface area (Å²) in [4.78, 5) is 24.3. The van der Waals surface area contributed by atoms with Gasteiger partial charge in [-0.3, -0.25) is 9.59 Å². The Labute approximate surface area is 160 Å². The maximum Gasteiger partial charge on any atom is 0.230 e. The van der Waals surface area contributed by atoms with Crippen LogP contribution < -0.4 is 10.6 Å². The summed E-state index contributed by atoms with van der Waals surface area (Å²) in [7, 11) is 0. The average molecular weight is 390 g/mol. The second-order valence-electron chi connectivity index (χ2n) is 6.54. The molecule has 1 fully saturated rings. The number of carbonyl (C=O) groups is 2. The predicted molar refractivity (Wildman–Crippen MR) is 101 cm³/mol. The first kappa shape index (κ1) is 19.4. The van der Waals surface area contributed by atoms with E-state index >= 15 is 0 Å². The molecule has 0 aromatic heterocycles. The zero-order valence-electron chi connectivity index (χ0n) is 14.8. The lowest BCUT2D eigenvalue weighted by molar-refractivity contribution is -0.119. The van der Waals surface area contributed by atoms with Crippen LogP contribution in [0.25, 0.3) is 0 Å². The van der Waals surface area contributed by atoms with E-state index in [1.807, 2.05) is 31.2 Å². The van der Waals surface area contributed by atoms with Gasteiger partial charge in [0.1, 0.15) is 0 Å². The number of rotatable bonds is 7. The van der Waals surface area contributed by atoms with Gasteiger partial charge < -0.3 is 10.6 Å². The molecule has 1 saturated carbocycles. The van der Waals surface area contributed by atoms with Crippen molar-refractivity contribution in [3.05, 3.63) is 59.7 Å². The molecule has 1 unspecified atom stereocenters. The zero-order valence-corrected chi connectivity index (χ0v) is 15.6. The highest BCUT2D eigenvalue weighted by Gasteiger charge is 2.29. The van der Waals surface area contributed by atoms with Gasteiger partial charge in [-0.2, -0.15) is 0 Å². The van der Waals surface area contributed by atoms with Crippen LogP contribution in [0.5, 0.6) is 0 Å². The van der Waals surface area contributed by atoms with Crippen molar-refractivity contribution in [1.82, 2.24) is 5.32 Å². The second-order valence-corrected chi connectivity index (χ2v) is 7.59. The van der Waals surface area contributed by atoms with Crippen LogP contribution >= 0.6 is 11.8 Å². The first-order chi connectivity index (χ1) is 12.9. The molecule has 0 bridgehead atoms. The van der Waals surface area contributed by atoms with E-state index in [-0.39, 0.29) is 29.5 Å². The van der Waals surface area contributed by atoms with E-state index in [0.29, 0.717) is 4.90 Å². The number of hydrogen-bond acceptors (Lipinski definition) is 3. The lowest BCUT2D eigenvalue weighted by atomic mass is 10.1. The zero-order chi connectivity index (χ0) is 19.4. The number of carbonyl (C=O) groups excluding carboxylic acids is 2. The minimum absolute atomic E-state index is 0.0540. The summed E-state index contributed by atoms with van der Waals surface area (Å²) in [5.74, 6) is -1.74. The van der Waals surface area contributed by atoms with Crippen molar-refractivity contribution in [2.75, 3.05) is 11.1 Å². The summed E-state index contributed by atoms with van der Waals surface area (Å²) >= 11 is 1.14. The van der Waals surface area contributed by atoms with Crippen molar-refractivity contribution in [3.63, 3.8) is 0 Å². The number of benzene rings is 2. The van der Waals surface area contributed by atoms with Gasteiger partial charge in [0, 0.05) is 16.5 Å². The standard InChI is InChI=1S/C20H20F2N2O2S/c1-12(13-4-6-15(7-5-13)24-20(26)14-2-3-14)23-19(25)11-27-16-8-9-17(21)18(22)10-16/h4-10,12,14H,2-3,11H2,1H3,(H,23,25)(H,24,26). The van der Waals surface area contributed by atoms with Crippen LogP contribution in [-0.2, 0) is 9.59 Å². The number of amides is 2. The molecule has 4 nitrogen and oxygen atoms in total. The summed E-state index contributed by atoms with van der Waals surface area (Å²) in [6.45, 7) is 1.86. The van der Waals surface area contributed by atoms with Crippen LogP contribution in [0.4, 0.5) is 14.5 Å². The van der Waals surface area contributed by atoms with Crippen LogP contribution in [0.15, 0.2) is 47.4 Å². The van der Waals surface area contributed by atoms with Crippen molar-refractivity contribution in [2.45, 2.75) is 30.7 Å². The van der Waals surface area contributed by atoms with Crippen molar-refractivity contribution < 1.29 is 18.4 Å².